The molecule has 6 atom stereocenters. The van der Waals surface area contributed by atoms with Crippen molar-refractivity contribution in [1.29, 1.82) is 0 Å². The highest BCUT2D eigenvalue weighted by Crippen LogP contribution is 2.48. The summed E-state index contributed by atoms with van der Waals surface area (Å²) in [6.45, 7) is 28.7. The van der Waals surface area contributed by atoms with Gasteiger partial charge in [0.05, 0.1) is 25.2 Å². The summed E-state index contributed by atoms with van der Waals surface area (Å²) in [5.74, 6) is 4.84. The SMILES string of the molecule is CCCCCCCCCCCCCCCCCC[N+](CCC[Si](OCC)(OCC)OCC)(C1CC(C)CCC1C(C)C)C1CC(C)CCC1C(C)C.[Cl-]. The van der Waals surface area contributed by atoms with Crippen molar-refractivity contribution in [2.75, 3.05) is 32.9 Å². The molecule has 6 unspecified atom stereocenters. The fourth-order valence-electron chi connectivity index (χ4n) is 11.1. The Balaban J connectivity index is 0.0000140. The number of unbranched alkanes of at least 4 members (excludes halogenated alkanes) is 15. The molecule has 4 nitrogen and oxygen atoms in total. The molecule has 0 aliphatic heterocycles. The summed E-state index contributed by atoms with van der Waals surface area (Å²) in [7, 11) is -2.69. The van der Waals surface area contributed by atoms with E-state index in [0.717, 1.165) is 60.1 Å². The summed E-state index contributed by atoms with van der Waals surface area (Å²) in [4.78, 5) is 0. The predicted octanol–water partition coefficient (Wildman–Crippen LogP) is 11.4. The van der Waals surface area contributed by atoms with Crippen molar-refractivity contribution < 1.29 is 30.2 Å². The van der Waals surface area contributed by atoms with Crippen LogP contribution in [0.15, 0.2) is 0 Å². The zero-order valence-electron chi connectivity index (χ0n) is 37.7. The molecule has 2 saturated carbocycles. The van der Waals surface area contributed by atoms with Crippen LogP contribution in [0.2, 0.25) is 6.04 Å². The fourth-order valence-corrected chi connectivity index (χ4v) is 13.6. The van der Waals surface area contributed by atoms with Crippen LogP contribution >= 0.6 is 0 Å². The standard InChI is InChI=1S/C47H96NO3Si.ClH/c1-11-15-16-17-18-19-20-21-22-23-24-25-26-27-28-29-35-48(46-38-42(9)31-33-44(46)40(5)6,47-39-43(10)32-34-45(47)41(7)8)36-30-37-52(49-12-2,50-13-3)51-14-4;/h40-47H,11-39H2,1-10H3;1H/q+1;/p-1. The Hall–Kier alpha value is 0.347. The van der Waals surface area contributed by atoms with Gasteiger partial charge in [-0.25, -0.2) is 0 Å². The van der Waals surface area contributed by atoms with Crippen LogP contribution in [-0.2, 0) is 13.3 Å². The molecular formula is C47H96ClNO3Si. The van der Waals surface area contributed by atoms with Gasteiger partial charge < -0.3 is 30.2 Å². The maximum absolute atomic E-state index is 6.45. The zero-order valence-corrected chi connectivity index (χ0v) is 39.4. The van der Waals surface area contributed by atoms with Crippen LogP contribution in [0, 0.1) is 35.5 Å². The van der Waals surface area contributed by atoms with Crippen molar-refractivity contribution >= 4 is 8.80 Å². The van der Waals surface area contributed by atoms with Gasteiger partial charge in [0.15, 0.2) is 0 Å². The molecule has 0 aromatic heterocycles. The molecule has 0 saturated heterocycles. The number of hydrogen-bond acceptors (Lipinski definition) is 3. The van der Waals surface area contributed by atoms with Gasteiger partial charge in [-0.05, 0) is 83.0 Å². The summed E-state index contributed by atoms with van der Waals surface area (Å²) in [5.41, 5.74) is 0. The van der Waals surface area contributed by atoms with Crippen LogP contribution in [0.5, 0.6) is 0 Å². The maximum atomic E-state index is 6.45. The van der Waals surface area contributed by atoms with Crippen molar-refractivity contribution in [3.05, 3.63) is 0 Å². The molecule has 0 spiro atoms. The van der Waals surface area contributed by atoms with Gasteiger partial charge in [-0.2, -0.15) is 0 Å². The topological polar surface area (TPSA) is 27.7 Å². The fraction of sp³-hybridized carbons (Fsp3) is 1.00. The van der Waals surface area contributed by atoms with Gasteiger partial charge in [0.2, 0.25) is 0 Å². The quantitative estimate of drug-likeness (QED) is 0.0398. The van der Waals surface area contributed by atoms with Crippen LogP contribution in [0.25, 0.3) is 0 Å². The summed E-state index contributed by atoms with van der Waals surface area (Å²) in [6.07, 6.45) is 32.7. The minimum atomic E-state index is -2.69. The highest BCUT2D eigenvalue weighted by molar-refractivity contribution is 6.60. The van der Waals surface area contributed by atoms with E-state index in [1.165, 1.54) is 159 Å². The number of quaternary nitrogens is 1. The Bertz CT molecular complexity index is 809. The smallest absolute Gasteiger partial charge is 0.501 e. The average molecular weight is 787 g/mol. The Morgan fingerprint density at radius 3 is 1.17 bits per heavy atom. The van der Waals surface area contributed by atoms with Gasteiger partial charge in [0, 0.05) is 57.0 Å². The first-order valence-electron chi connectivity index (χ1n) is 23.9. The number of rotatable bonds is 31. The Morgan fingerprint density at radius 2 is 0.830 bits per heavy atom. The summed E-state index contributed by atoms with van der Waals surface area (Å²) >= 11 is 0. The monoisotopic (exact) mass is 786 g/mol. The minimum absolute atomic E-state index is 0. The van der Waals surface area contributed by atoms with Crippen molar-refractivity contribution in [2.45, 2.75) is 235 Å². The third-order valence-electron chi connectivity index (χ3n) is 13.9. The second kappa shape index (κ2) is 29.5. The lowest BCUT2D eigenvalue weighted by Crippen LogP contribution is -3.00. The van der Waals surface area contributed by atoms with E-state index in [1.807, 2.05) is 0 Å². The van der Waals surface area contributed by atoms with Crippen LogP contribution in [0.4, 0.5) is 0 Å². The van der Waals surface area contributed by atoms with E-state index < -0.39 is 8.80 Å². The molecule has 0 aromatic carbocycles. The minimum Gasteiger partial charge on any atom is -1.00 e. The molecule has 0 heterocycles. The summed E-state index contributed by atoms with van der Waals surface area (Å²) < 4.78 is 20.7. The Kier molecular flexibility index (Phi) is 28.6. The molecule has 53 heavy (non-hydrogen) atoms. The molecule has 0 bridgehead atoms. The van der Waals surface area contributed by atoms with Gasteiger partial charge in [-0.1, -0.05) is 138 Å². The summed E-state index contributed by atoms with van der Waals surface area (Å²) in [6, 6.07) is 2.52. The van der Waals surface area contributed by atoms with Crippen molar-refractivity contribution in [3.63, 3.8) is 0 Å². The number of halogens is 1. The van der Waals surface area contributed by atoms with Gasteiger partial charge >= 0.3 is 8.80 Å². The molecule has 2 aliphatic rings. The van der Waals surface area contributed by atoms with Crippen LogP contribution in [0.3, 0.4) is 0 Å². The third-order valence-corrected chi connectivity index (χ3v) is 17.0. The molecule has 318 valence electrons. The van der Waals surface area contributed by atoms with E-state index in [0.29, 0.717) is 19.8 Å². The molecular weight excluding hydrogens is 690 g/mol. The first-order chi connectivity index (χ1) is 25.1. The first kappa shape index (κ1) is 51.4. The van der Waals surface area contributed by atoms with Gasteiger partial charge in [-0.15, -0.1) is 0 Å². The summed E-state index contributed by atoms with van der Waals surface area (Å²) in [5, 5.41) is 0. The lowest BCUT2D eigenvalue weighted by molar-refractivity contribution is -0.984. The maximum Gasteiger partial charge on any atom is 0.501 e. The highest BCUT2D eigenvalue weighted by atomic mass is 35.5. The molecule has 2 aliphatic carbocycles. The normalized spacial score (nSPS) is 25.1. The second-order valence-electron chi connectivity index (χ2n) is 18.7. The number of nitrogens with zero attached hydrogens (tertiary/aromatic N) is 1. The second-order valence-corrected chi connectivity index (χ2v) is 21.5. The van der Waals surface area contributed by atoms with Gasteiger partial charge in [0.25, 0.3) is 0 Å². The van der Waals surface area contributed by atoms with E-state index in [1.54, 1.807) is 0 Å². The number of hydrogen-bond donors (Lipinski definition) is 0. The van der Waals surface area contributed by atoms with Crippen molar-refractivity contribution in [1.82, 2.24) is 0 Å². The van der Waals surface area contributed by atoms with E-state index in [9.17, 15) is 0 Å². The lowest BCUT2D eigenvalue weighted by Gasteiger charge is -2.59. The van der Waals surface area contributed by atoms with Crippen LogP contribution < -0.4 is 12.4 Å². The molecule has 0 aromatic rings. The molecule has 6 heteroatoms. The lowest BCUT2D eigenvalue weighted by atomic mass is 9.67. The van der Waals surface area contributed by atoms with E-state index >= 15 is 0 Å². The predicted molar refractivity (Wildman–Crippen MR) is 230 cm³/mol. The van der Waals surface area contributed by atoms with Gasteiger partial charge in [0.1, 0.15) is 0 Å². The largest absolute Gasteiger partial charge is 1.00 e. The highest BCUT2D eigenvalue weighted by Gasteiger charge is 2.53. The molecule has 2 fully saturated rings. The molecule has 2 rings (SSSR count). The van der Waals surface area contributed by atoms with Crippen LogP contribution in [0.1, 0.15) is 217 Å². The Morgan fingerprint density at radius 1 is 0.491 bits per heavy atom. The van der Waals surface area contributed by atoms with E-state index in [-0.39, 0.29) is 12.4 Å². The Labute approximate surface area is 341 Å². The third kappa shape index (κ3) is 18.2. The van der Waals surface area contributed by atoms with Crippen LogP contribution in [-0.4, -0.2) is 58.3 Å². The zero-order chi connectivity index (χ0) is 38.2. The molecule has 0 amide bonds. The molecule has 0 radical (unpaired) electrons. The average Bonchev–Trinajstić information content (AvgIpc) is 3.10. The van der Waals surface area contributed by atoms with Gasteiger partial charge in [-0.3, -0.25) is 0 Å². The van der Waals surface area contributed by atoms with Crippen molar-refractivity contribution in [2.24, 2.45) is 35.5 Å². The van der Waals surface area contributed by atoms with E-state index in [2.05, 4.69) is 69.2 Å². The van der Waals surface area contributed by atoms with Crippen molar-refractivity contribution in [3.8, 4) is 0 Å². The first-order valence-corrected chi connectivity index (χ1v) is 25.8. The van der Waals surface area contributed by atoms with E-state index in [4.69, 9.17) is 13.3 Å². The molecule has 0 N–H and O–H groups in total.